The van der Waals surface area contributed by atoms with E-state index in [0.717, 1.165) is 48.1 Å². The fourth-order valence-electron chi connectivity index (χ4n) is 5.42. The van der Waals surface area contributed by atoms with E-state index in [1.165, 1.54) is 0 Å². The molecule has 39 heavy (non-hydrogen) atoms. The topological polar surface area (TPSA) is 73.6 Å². The van der Waals surface area contributed by atoms with Gasteiger partial charge in [-0.3, -0.25) is 4.68 Å². The number of aryl methyl sites for hydroxylation is 1. The van der Waals surface area contributed by atoms with Crippen molar-refractivity contribution in [2.24, 2.45) is 11.8 Å². The second-order valence-corrected chi connectivity index (χ2v) is 11.7. The molecule has 0 bridgehead atoms. The van der Waals surface area contributed by atoms with Gasteiger partial charge in [0, 0.05) is 36.4 Å². The van der Waals surface area contributed by atoms with Crippen molar-refractivity contribution in [3.63, 3.8) is 0 Å². The molecule has 1 fully saturated rings. The number of hydrogen-bond acceptors (Lipinski definition) is 5. The van der Waals surface area contributed by atoms with Crippen LogP contribution in [0.1, 0.15) is 57.7 Å². The molecular formula is C32H41FN2O4. The number of ether oxygens (including phenoxy) is 2. The molecule has 7 heteroatoms. The van der Waals surface area contributed by atoms with E-state index in [1.54, 1.807) is 12.1 Å². The Balaban J connectivity index is 1.48. The molecule has 0 saturated heterocycles. The quantitative estimate of drug-likeness (QED) is 0.305. The summed E-state index contributed by atoms with van der Waals surface area (Å²) in [6, 6.07) is 15.2. The van der Waals surface area contributed by atoms with Crippen molar-refractivity contribution in [3.8, 4) is 22.4 Å². The molecule has 1 aromatic heterocycles. The maximum Gasteiger partial charge on any atom is 0.332 e. The van der Waals surface area contributed by atoms with E-state index in [1.807, 2.05) is 68.8 Å². The number of esters is 1. The van der Waals surface area contributed by atoms with Gasteiger partial charge < -0.3 is 14.6 Å². The van der Waals surface area contributed by atoms with Crippen LogP contribution in [0, 0.1) is 24.6 Å². The molecule has 3 aromatic rings. The molecule has 0 unspecified atom stereocenters. The van der Waals surface area contributed by atoms with Gasteiger partial charge in [-0.1, -0.05) is 36.4 Å². The minimum absolute atomic E-state index is 0.0108. The first kappa shape index (κ1) is 29.0. The van der Waals surface area contributed by atoms with Crippen molar-refractivity contribution in [3.05, 3.63) is 65.6 Å². The summed E-state index contributed by atoms with van der Waals surface area (Å²) in [4.78, 5) is 11.9. The van der Waals surface area contributed by atoms with Crippen LogP contribution in [0.2, 0.25) is 0 Å². The molecule has 0 amide bonds. The zero-order valence-electron chi connectivity index (χ0n) is 23.6. The number of carbonyl (C=O) groups is 1. The highest BCUT2D eigenvalue weighted by Crippen LogP contribution is 2.38. The Morgan fingerprint density at radius 1 is 1.08 bits per heavy atom. The van der Waals surface area contributed by atoms with Crippen molar-refractivity contribution in [1.82, 2.24) is 9.78 Å². The summed E-state index contributed by atoms with van der Waals surface area (Å²) >= 11 is 0. The predicted molar refractivity (Wildman–Crippen MR) is 151 cm³/mol. The van der Waals surface area contributed by atoms with Crippen LogP contribution < -0.4 is 0 Å². The summed E-state index contributed by atoms with van der Waals surface area (Å²) in [6.45, 7) is 8.66. The Labute approximate surface area is 231 Å². The van der Waals surface area contributed by atoms with Crippen LogP contribution in [-0.4, -0.2) is 46.3 Å². The molecule has 1 saturated carbocycles. The lowest BCUT2D eigenvalue weighted by Gasteiger charge is -2.29. The molecule has 0 aliphatic heterocycles. The molecule has 0 atom stereocenters. The SMILES string of the molecule is Cc1ccc(-c2nn(CC3CCC(COCC(=O)OC(C)(C)C)CC3)c(CCO)c2-c2ccccc2)c(F)c1. The highest BCUT2D eigenvalue weighted by atomic mass is 19.1. The Hall–Kier alpha value is -3.03. The smallest absolute Gasteiger partial charge is 0.332 e. The second kappa shape index (κ2) is 12.9. The van der Waals surface area contributed by atoms with E-state index in [2.05, 4.69) is 0 Å². The standard InChI is InChI=1S/C32H41FN2O4/c1-22-10-15-26(27(33)18-22)31-30(25-8-6-5-7-9-25)28(16-17-36)35(34-31)19-23-11-13-24(14-12-23)20-38-21-29(37)39-32(2,3)4/h5-10,15,18,23-24,36H,11-14,16-17,19-21H2,1-4H3. The lowest BCUT2D eigenvalue weighted by atomic mass is 9.82. The third-order valence-corrected chi connectivity index (χ3v) is 7.24. The Morgan fingerprint density at radius 2 is 1.77 bits per heavy atom. The first-order valence-corrected chi connectivity index (χ1v) is 14.0. The van der Waals surface area contributed by atoms with Gasteiger partial charge in [-0.15, -0.1) is 0 Å². The fraction of sp³-hybridized carbons (Fsp3) is 0.500. The number of nitrogens with zero attached hydrogens (tertiary/aromatic N) is 2. The molecule has 1 heterocycles. The molecule has 1 aliphatic carbocycles. The normalized spacial score (nSPS) is 17.8. The summed E-state index contributed by atoms with van der Waals surface area (Å²) in [7, 11) is 0. The van der Waals surface area contributed by atoms with E-state index in [0.29, 0.717) is 42.7 Å². The predicted octanol–water partition coefficient (Wildman–Crippen LogP) is 6.36. The summed E-state index contributed by atoms with van der Waals surface area (Å²) < 4.78 is 28.1. The van der Waals surface area contributed by atoms with Crippen LogP contribution in [0.5, 0.6) is 0 Å². The number of aliphatic hydroxyl groups is 1. The monoisotopic (exact) mass is 536 g/mol. The molecule has 1 N–H and O–H groups in total. The number of carbonyl (C=O) groups excluding carboxylic acids is 1. The largest absolute Gasteiger partial charge is 0.458 e. The molecule has 4 rings (SSSR count). The summed E-state index contributed by atoms with van der Waals surface area (Å²) in [5.41, 5.74) is 4.23. The van der Waals surface area contributed by atoms with Gasteiger partial charge in [-0.05, 0) is 88.5 Å². The van der Waals surface area contributed by atoms with Gasteiger partial charge in [-0.25, -0.2) is 9.18 Å². The maximum absolute atomic E-state index is 15.2. The van der Waals surface area contributed by atoms with E-state index >= 15 is 4.39 Å². The molecule has 0 spiro atoms. The molecule has 1 aliphatic rings. The zero-order chi connectivity index (χ0) is 28.0. The number of aromatic nitrogens is 2. The van der Waals surface area contributed by atoms with Crippen LogP contribution in [0.25, 0.3) is 22.4 Å². The first-order valence-electron chi connectivity index (χ1n) is 14.0. The van der Waals surface area contributed by atoms with Gasteiger partial charge >= 0.3 is 5.97 Å². The van der Waals surface area contributed by atoms with Crippen LogP contribution in [0.3, 0.4) is 0 Å². The second-order valence-electron chi connectivity index (χ2n) is 11.7. The first-order chi connectivity index (χ1) is 18.6. The van der Waals surface area contributed by atoms with Gasteiger partial charge in [0.15, 0.2) is 0 Å². The summed E-state index contributed by atoms with van der Waals surface area (Å²) in [5.74, 6) is 0.208. The highest BCUT2D eigenvalue weighted by Gasteiger charge is 2.27. The zero-order valence-corrected chi connectivity index (χ0v) is 23.6. The Bertz CT molecular complexity index is 1240. The minimum atomic E-state index is -0.509. The average molecular weight is 537 g/mol. The van der Waals surface area contributed by atoms with E-state index in [-0.39, 0.29) is 25.0 Å². The highest BCUT2D eigenvalue weighted by molar-refractivity contribution is 5.83. The lowest BCUT2D eigenvalue weighted by Crippen LogP contribution is -2.28. The number of benzene rings is 2. The van der Waals surface area contributed by atoms with Crippen LogP contribution in [0.4, 0.5) is 4.39 Å². The number of rotatable bonds is 10. The van der Waals surface area contributed by atoms with Crippen molar-refractivity contribution >= 4 is 5.97 Å². The van der Waals surface area contributed by atoms with Gasteiger partial charge in [0.2, 0.25) is 0 Å². The lowest BCUT2D eigenvalue weighted by molar-refractivity contribution is -0.160. The van der Waals surface area contributed by atoms with Crippen LogP contribution in [0.15, 0.2) is 48.5 Å². The Morgan fingerprint density at radius 3 is 2.41 bits per heavy atom. The van der Waals surface area contributed by atoms with Crippen molar-refractivity contribution < 1.29 is 23.8 Å². The van der Waals surface area contributed by atoms with Gasteiger partial charge in [0.25, 0.3) is 0 Å². The maximum atomic E-state index is 15.2. The number of halogens is 1. The molecule has 6 nitrogen and oxygen atoms in total. The van der Waals surface area contributed by atoms with Crippen molar-refractivity contribution in [2.75, 3.05) is 19.8 Å². The van der Waals surface area contributed by atoms with Crippen LogP contribution in [-0.2, 0) is 27.2 Å². The van der Waals surface area contributed by atoms with Gasteiger partial charge in [0.1, 0.15) is 23.7 Å². The third-order valence-electron chi connectivity index (χ3n) is 7.24. The fourth-order valence-corrected chi connectivity index (χ4v) is 5.42. The summed E-state index contributed by atoms with van der Waals surface area (Å²) in [5, 5.41) is 14.9. The molecule has 0 radical (unpaired) electrons. The van der Waals surface area contributed by atoms with E-state index < -0.39 is 5.60 Å². The molecule has 210 valence electrons. The van der Waals surface area contributed by atoms with Crippen molar-refractivity contribution in [2.45, 2.75) is 71.9 Å². The van der Waals surface area contributed by atoms with Gasteiger partial charge in [0.05, 0.1) is 6.61 Å². The Kier molecular flexibility index (Phi) is 9.57. The van der Waals surface area contributed by atoms with E-state index in [4.69, 9.17) is 14.6 Å². The van der Waals surface area contributed by atoms with Crippen molar-refractivity contribution in [1.29, 1.82) is 0 Å². The summed E-state index contributed by atoms with van der Waals surface area (Å²) in [6.07, 6.45) is 4.52. The molecule has 2 aromatic carbocycles. The third kappa shape index (κ3) is 7.76. The van der Waals surface area contributed by atoms with E-state index in [9.17, 15) is 9.90 Å². The van der Waals surface area contributed by atoms with Crippen LogP contribution >= 0.6 is 0 Å². The minimum Gasteiger partial charge on any atom is -0.458 e. The average Bonchev–Trinajstić information content (AvgIpc) is 3.22. The number of hydrogen-bond donors (Lipinski definition) is 1. The van der Waals surface area contributed by atoms with Gasteiger partial charge in [-0.2, -0.15) is 5.10 Å². The number of aliphatic hydroxyl groups excluding tert-OH is 1. The molecular weight excluding hydrogens is 495 g/mol.